The van der Waals surface area contributed by atoms with Crippen molar-refractivity contribution < 1.29 is 13.9 Å². The molecule has 0 aliphatic carbocycles. The maximum absolute atomic E-state index is 14.0. The number of thiazole rings is 1. The van der Waals surface area contributed by atoms with Crippen LogP contribution >= 0.6 is 23.1 Å². The number of nitrogens with one attached hydrogen (secondary N) is 1. The molecule has 4 rings (SSSR count). The van der Waals surface area contributed by atoms with Crippen molar-refractivity contribution in [3.8, 4) is 5.75 Å². The van der Waals surface area contributed by atoms with Crippen LogP contribution in [0.1, 0.15) is 39.1 Å². The molecule has 1 aromatic heterocycles. The molecular weight excluding hydrogens is 395 g/mol. The number of carbonyl (C=O) groups excluding carboxylic acids is 1. The van der Waals surface area contributed by atoms with Crippen LogP contribution in [0.5, 0.6) is 5.75 Å². The number of aryl methyl sites for hydroxylation is 1. The monoisotopic (exact) mass is 414 g/mol. The van der Waals surface area contributed by atoms with Gasteiger partial charge in [-0.25, -0.2) is 9.37 Å². The Morgan fingerprint density at radius 2 is 2.11 bits per heavy atom. The van der Waals surface area contributed by atoms with Crippen LogP contribution < -0.4 is 10.1 Å². The van der Waals surface area contributed by atoms with Crippen LogP contribution in [-0.2, 0) is 6.61 Å². The number of halogens is 1. The summed E-state index contributed by atoms with van der Waals surface area (Å²) < 4.78 is 19.7. The molecule has 2 heterocycles. The normalized spacial score (nSPS) is 15.7. The number of rotatable bonds is 5. The first-order valence-electron chi connectivity index (χ1n) is 8.96. The average molecular weight is 415 g/mol. The quantitative estimate of drug-likeness (QED) is 0.628. The summed E-state index contributed by atoms with van der Waals surface area (Å²) in [4.78, 5) is 17.6. The third-order valence-electron chi connectivity index (χ3n) is 4.50. The summed E-state index contributed by atoms with van der Waals surface area (Å²) in [6.45, 7) is 2.36. The fourth-order valence-electron chi connectivity index (χ4n) is 3.11. The zero-order valence-corrected chi connectivity index (χ0v) is 16.9. The first-order valence-corrected chi connectivity index (χ1v) is 10.8. The molecular formula is C21H19FN2O2S2. The Morgan fingerprint density at radius 3 is 2.86 bits per heavy atom. The van der Waals surface area contributed by atoms with E-state index in [0.29, 0.717) is 22.8 Å². The molecule has 144 valence electrons. The molecule has 4 nitrogen and oxygen atoms in total. The smallest absolute Gasteiger partial charge is 0.251 e. The molecule has 0 saturated heterocycles. The number of ether oxygens (including phenoxy) is 1. The van der Waals surface area contributed by atoms with Crippen molar-refractivity contribution in [2.45, 2.75) is 30.9 Å². The van der Waals surface area contributed by atoms with Crippen LogP contribution in [0.15, 0.2) is 52.7 Å². The lowest BCUT2D eigenvalue weighted by Crippen LogP contribution is -2.30. The largest absolute Gasteiger partial charge is 0.487 e. The standard InChI is InChI=1S/C21H19FN2O2S2/c1-13-23-15(12-28-13)11-26-16-7-5-14(6-8-16)21(25)24-19-9-10-27-20-17(19)3-2-4-18(20)22/h2-8,12,19H,9-11H2,1H3,(H,24,25). The van der Waals surface area contributed by atoms with Gasteiger partial charge < -0.3 is 10.1 Å². The number of fused-ring (bicyclic) bond motifs is 1. The molecule has 0 radical (unpaired) electrons. The van der Waals surface area contributed by atoms with Crippen molar-refractivity contribution in [1.29, 1.82) is 0 Å². The second-order valence-corrected chi connectivity index (χ2v) is 8.66. The average Bonchev–Trinajstić information content (AvgIpc) is 3.13. The van der Waals surface area contributed by atoms with E-state index in [1.165, 1.54) is 17.8 Å². The molecule has 1 amide bonds. The zero-order valence-electron chi connectivity index (χ0n) is 15.3. The second kappa shape index (κ2) is 8.32. The van der Waals surface area contributed by atoms with E-state index < -0.39 is 0 Å². The van der Waals surface area contributed by atoms with Crippen LogP contribution in [0.3, 0.4) is 0 Å². The van der Waals surface area contributed by atoms with Crippen LogP contribution in [-0.4, -0.2) is 16.6 Å². The summed E-state index contributed by atoms with van der Waals surface area (Å²) in [5.41, 5.74) is 2.29. The molecule has 0 bridgehead atoms. The Balaban J connectivity index is 1.40. The van der Waals surface area contributed by atoms with Crippen LogP contribution in [0.2, 0.25) is 0 Å². The van der Waals surface area contributed by atoms with Gasteiger partial charge in [-0.2, -0.15) is 0 Å². The number of hydrogen-bond acceptors (Lipinski definition) is 5. The van der Waals surface area contributed by atoms with E-state index in [4.69, 9.17) is 4.74 Å². The third kappa shape index (κ3) is 4.20. The van der Waals surface area contributed by atoms with Crippen molar-refractivity contribution in [3.05, 3.63) is 75.5 Å². The maximum atomic E-state index is 14.0. The van der Waals surface area contributed by atoms with Gasteiger partial charge in [0.25, 0.3) is 5.91 Å². The summed E-state index contributed by atoms with van der Waals surface area (Å²) in [5.74, 6) is 1.07. The van der Waals surface area contributed by atoms with E-state index >= 15 is 0 Å². The lowest BCUT2D eigenvalue weighted by molar-refractivity contribution is 0.0934. The van der Waals surface area contributed by atoms with Gasteiger partial charge >= 0.3 is 0 Å². The van der Waals surface area contributed by atoms with E-state index in [0.717, 1.165) is 28.4 Å². The maximum Gasteiger partial charge on any atom is 0.251 e. The van der Waals surface area contributed by atoms with Crippen molar-refractivity contribution in [3.63, 3.8) is 0 Å². The second-order valence-electron chi connectivity index (χ2n) is 6.49. The van der Waals surface area contributed by atoms with Crippen molar-refractivity contribution in [1.82, 2.24) is 10.3 Å². The van der Waals surface area contributed by atoms with Gasteiger partial charge in [0.1, 0.15) is 18.2 Å². The summed E-state index contributed by atoms with van der Waals surface area (Å²) in [7, 11) is 0. The van der Waals surface area contributed by atoms with Crippen LogP contribution in [0.4, 0.5) is 4.39 Å². The number of nitrogens with zero attached hydrogens (tertiary/aromatic N) is 1. The molecule has 0 fully saturated rings. The lowest BCUT2D eigenvalue weighted by Gasteiger charge is -2.26. The highest BCUT2D eigenvalue weighted by molar-refractivity contribution is 7.99. The minimum atomic E-state index is -0.224. The Labute approximate surface area is 171 Å². The van der Waals surface area contributed by atoms with Gasteiger partial charge in [0, 0.05) is 21.6 Å². The van der Waals surface area contributed by atoms with Crippen LogP contribution in [0.25, 0.3) is 0 Å². The van der Waals surface area contributed by atoms with Gasteiger partial charge in [-0.1, -0.05) is 12.1 Å². The summed E-state index contributed by atoms with van der Waals surface area (Å²) >= 11 is 3.09. The van der Waals surface area contributed by atoms with Gasteiger partial charge in [0.2, 0.25) is 0 Å². The fourth-order valence-corrected chi connectivity index (χ4v) is 4.85. The highest BCUT2D eigenvalue weighted by Gasteiger charge is 2.24. The molecule has 1 aliphatic heterocycles. The van der Waals surface area contributed by atoms with Crippen molar-refractivity contribution >= 4 is 29.0 Å². The van der Waals surface area contributed by atoms with Gasteiger partial charge in [-0.05, 0) is 49.2 Å². The molecule has 0 saturated carbocycles. The van der Waals surface area contributed by atoms with E-state index in [2.05, 4.69) is 10.3 Å². The molecule has 1 N–H and O–H groups in total. The predicted octanol–water partition coefficient (Wildman–Crippen LogP) is 5.14. The molecule has 1 unspecified atom stereocenters. The topological polar surface area (TPSA) is 51.2 Å². The number of benzene rings is 2. The molecule has 3 aromatic rings. The first-order chi connectivity index (χ1) is 13.6. The zero-order chi connectivity index (χ0) is 19.5. The Bertz CT molecular complexity index is 988. The molecule has 2 aromatic carbocycles. The highest BCUT2D eigenvalue weighted by atomic mass is 32.2. The lowest BCUT2D eigenvalue weighted by atomic mass is 10.0. The minimum Gasteiger partial charge on any atom is -0.487 e. The summed E-state index contributed by atoms with van der Waals surface area (Å²) in [6.07, 6.45) is 0.779. The van der Waals surface area contributed by atoms with E-state index in [-0.39, 0.29) is 17.8 Å². The minimum absolute atomic E-state index is 0.172. The highest BCUT2D eigenvalue weighted by Crippen LogP contribution is 2.37. The van der Waals surface area contributed by atoms with Crippen molar-refractivity contribution in [2.24, 2.45) is 0 Å². The molecule has 0 spiro atoms. The number of aromatic nitrogens is 1. The van der Waals surface area contributed by atoms with E-state index in [1.807, 2.05) is 18.4 Å². The Hall–Kier alpha value is -2.38. The van der Waals surface area contributed by atoms with Gasteiger partial charge in [-0.15, -0.1) is 23.1 Å². The molecule has 28 heavy (non-hydrogen) atoms. The number of thioether (sulfide) groups is 1. The number of hydrogen-bond donors (Lipinski definition) is 1. The predicted molar refractivity (Wildman–Crippen MR) is 110 cm³/mol. The molecule has 1 aliphatic rings. The molecule has 7 heteroatoms. The fraction of sp³-hybridized carbons (Fsp3) is 0.238. The Kier molecular flexibility index (Phi) is 5.64. The summed E-state index contributed by atoms with van der Waals surface area (Å²) in [6, 6.07) is 11.9. The summed E-state index contributed by atoms with van der Waals surface area (Å²) in [5, 5.41) is 6.01. The first kappa shape index (κ1) is 19.0. The SMILES string of the molecule is Cc1nc(COc2ccc(C(=O)NC3CCSc4c(F)cccc43)cc2)cs1. The number of carbonyl (C=O) groups is 1. The van der Waals surface area contributed by atoms with Gasteiger partial charge in [0.05, 0.1) is 16.7 Å². The van der Waals surface area contributed by atoms with Gasteiger partial charge in [0.15, 0.2) is 0 Å². The molecule has 1 atom stereocenters. The van der Waals surface area contributed by atoms with Crippen molar-refractivity contribution in [2.75, 3.05) is 5.75 Å². The third-order valence-corrected chi connectivity index (χ3v) is 6.48. The van der Waals surface area contributed by atoms with Gasteiger partial charge in [-0.3, -0.25) is 4.79 Å². The van der Waals surface area contributed by atoms with E-state index in [9.17, 15) is 9.18 Å². The van der Waals surface area contributed by atoms with E-state index in [1.54, 1.807) is 41.7 Å². The van der Waals surface area contributed by atoms with Crippen LogP contribution in [0, 0.1) is 12.7 Å². The Morgan fingerprint density at radius 1 is 1.29 bits per heavy atom. The number of amides is 1.